The molecule has 3 nitrogen and oxygen atoms in total. The Balaban J connectivity index is 1.63. The molecule has 0 aromatic carbocycles. The lowest BCUT2D eigenvalue weighted by atomic mass is 9.94. The van der Waals surface area contributed by atoms with Gasteiger partial charge in [-0.1, -0.05) is 0 Å². The Labute approximate surface area is 111 Å². The van der Waals surface area contributed by atoms with E-state index in [1.807, 2.05) is 12.4 Å². The van der Waals surface area contributed by atoms with Gasteiger partial charge in [-0.2, -0.15) is 0 Å². The van der Waals surface area contributed by atoms with E-state index >= 15 is 0 Å². The normalized spacial score (nSPS) is 29.2. The molecule has 3 rings (SSSR count). The largest absolute Gasteiger partial charge is 0.312 e. The Bertz CT molecular complexity index is 382. The minimum Gasteiger partial charge on any atom is -0.312 e. The van der Waals surface area contributed by atoms with E-state index in [4.69, 9.17) is 0 Å². The number of likely N-dealkylation sites (tertiary alicyclic amines) is 1. The molecule has 0 aliphatic carbocycles. The van der Waals surface area contributed by atoms with Gasteiger partial charge in [-0.15, -0.1) is 0 Å². The average molecular weight is 296 g/mol. The molecule has 2 aliphatic rings. The third-order valence-corrected chi connectivity index (χ3v) is 4.28. The molecule has 0 amide bonds. The summed E-state index contributed by atoms with van der Waals surface area (Å²) in [5, 5.41) is 3.64. The summed E-state index contributed by atoms with van der Waals surface area (Å²) in [6.07, 6.45) is 6.55. The van der Waals surface area contributed by atoms with Crippen LogP contribution in [0, 0.1) is 5.92 Å². The van der Waals surface area contributed by atoms with Crippen molar-refractivity contribution in [2.75, 3.05) is 19.6 Å². The minimum absolute atomic E-state index is 0.726. The zero-order chi connectivity index (χ0) is 11.7. The van der Waals surface area contributed by atoms with Gasteiger partial charge in [0.05, 0.1) is 0 Å². The van der Waals surface area contributed by atoms with Crippen LogP contribution in [0.4, 0.5) is 0 Å². The first kappa shape index (κ1) is 11.6. The van der Waals surface area contributed by atoms with Gasteiger partial charge in [0.25, 0.3) is 0 Å². The van der Waals surface area contributed by atoms with Gasteiger partial charge in [-0.25, -0.2) is 0 Å². The van der Waals surface area contributed by atoms with Gasteiger partial charge < -0.3 is 5.32 Å². The van der Waals surface area contributed by atoms with Crippen molar-refractivity contribution in [3.05, 3.63) is 28.5 Å². The van der Waals surface area contributed by atoms with Gasteiger partial charge in [0.2, 0.25) is 0 Å². The van der Waals surface area contributed by atoms with Crippen molar-refractivity contribution in [3.8, 4) is 0 Å². The van der Waals surface area contributed by atoms with E-state index in [2.05, 4.69) is 37.2 Å². The second-order valence-electron chi connectivity index (χ2n) is 5.17. The van der Waals surface area contributed by atoms with E-state index in [0.717, 1.165) is 23.0 Å². The number of fused-ring (bicyclic) bond motifs is 1. The molecule has 0 saturated carbocycles. The Hall–Kier alpha value is -0.450. The summed E-state index contributed by atoms with van der Waals surface area (Å²) in [4.78, 5) is 6.78. The molecule has 2 atom stereocenters. The fourth-order valence-corrected chi connectivity index (χ4v) is 3.48. The van der Waals surface area contributed by atoms with E-state index in [1.54, 1.807) is 0 Å². The summed E-state index contributed by atoms with van der Waals surface area (Å²) in [5.74, 6) is 0.865. The number of hydrogen-bond acceptors (Lipinski definition) is 3. The molecule has 3 heterocycles. The van der Waals surface area contributed by atoms with E-state index in [9.17, 15) is 0 Å². The molecule has 1 aromatic rings. The second kappa shape index (κ2) is 5.04. The van der Waals surface area contributed by atoms with Gasteiger partial charge in [-0.05, 0) is 52.9 Å². The molecule has 2 aliphatic heterocycles. The fraction of sp³-hybridized carbons (Fsp3) is 0.615. The first-order valence-corrected chi connectivity index (χ1v) is 7.16. The zero-order valence-corrected chi connectivity index (χ0v) is 11.5. The number of piperidine rings is 1. The summed E-state index contributed by atoms with van der Waals surface area (Å²) in [5.41, 5.74) is 1.30. The number of aromatic nitrogens is 1. The highest BCUT2D eigenvalue weighted by Gasteiger charge is 2.33. The summed E-state index contributed by atoms with van der Waals surface area (Å²) in [7, 11) is 0. The van der Waals surface area contributed by atoms with Crippen LogP contribution < -0.4 is 5.32 Å². The topological polar surface area (TPSA) is 28.2 Å². The number of nitrogens with zero attached hydrogens (tertiary/aromatic N) is 2. The van der Waals surface area contributed by atoms with Crippen LogP contribution in [0.3, 0.4) is 0 Å². The maximum absolute atomic E-state index is 4.23. The van der Waals surface area contributed by atoms with Crippen molar-refractivity contribution in [2.24, 2.45) is 5.92 Å². The summed E-state index contributed by atoms with van der Waals surface area (Å²) < 4.78 is 1.07. The van der Waals surface area contributed by atoms with Crippen LogP contribution in [-0.4, -0.2) is 35.6 Å². The van der Waals surface area contributed by atoms with Crippen molar-refractivity contribution >= 4 is 15.9 Å². The monoisotopic (exact) mass is 295 g/mol. The summed E-state index contributed by atoms with van der Waals surface area (Å²) >= 11 is 3.48. The number of hydrogen-bond donors (Lipinski definition) is 1. The zero-order valence-electron chi connectivity index (χ0n) is 9.90. The predicted octanol–water partition coefficient (Wildman–Crippen LogP) is 2.03. The molecule has 0 spiro atoms. The second-order valence-corrected chi connectivity index (χ2v) is 6.08. The SMILES string of the molecule is Brc1cncc(CN2C[C@@H]3CCCN[C@@H]3C2)c1. The fourth-order valence-electron chi connectivity index (χ4n) is 3.07. The van der Waals surface area contributed by atoms with Crippen LogP contribution in [0.25, 0.3) is 0 Å². The van der Waals surface area contributed by atoms with Crippen LogP contribution in [0.2, 0.25) is 0 Å². The lowest BCUT2D eigenvalue weighted by Gasteiger charge is -2.24. The maximum atomic E-state index is 4.23. The Morgan fingerprint density at radius 2 is 2.35 bits per heavy atom. The van der Waals surface area contributed by atoms with Crippen molar-refractivity contribution in [3.63, 3.8) is 0 Å². The number of rotatable bonds is 2. The Morgan fingerprint density at radius 3 is 3.18 bits per heavy atom. The first-order valence-electron chi connectivity index (χ1n) is 6.36. The Kier molecular flexibility index (Phi) is 3.45. The summed E-state index contributed by atoms with van der Waals surface area (Å²) in [6.45, 7) is 4.66. The number of halogens is 1. The maximum Gasteiger partial charge on any atom is 0.0410 e. The summed E-state index contributed by atoms with van der Waals surface area (Å²) in [6, 6.07) is 2.89. The van der Waals surface area contributed by atoms with E-state index in [0.29, 0.717) is 0 Å². The van der Waals surface area contributed by atoms with E-state index in [1.165, 1.54) is 38.0 Å². The quantitative estimate of drug-likeness (QED) is 0.905. The van der Waals surface area contributed by atoms with Gasteiger partial charge in [0.1, 0.15) is 0 Å². The van der Waals surface area contributed by atoms with E-state index in [-0.39, 0.29) is 0 Å². The standard InChI is InChI=1S/C13H18BrN3/c14-12-4-10(5-15-6-12)7-17-8-11-2-1-3-16-13(11)9-17/h4-6,11,13,16H,1-3,7-9H2/t11-,13+/m0/s1. The molecule has 0 unspecified atom stereocenters. The van der Waals surface area contributed by atoms with Crippen molar-refractivity contribution in [1.82, 2.24) is 15.2 Å². The molecule has 0 radical (unpaired) electrons. The van der Waals surface area contributed by atoms with Crippen LogP contribution in [-0.2, 0) is 6.54 Å². The highest BCUT2D eigenvalue weighted by Crippen LogP contribution is 2.26. The van der Waals surface area contributed by atoms with Gasteiger partial charge in [-0.3, -0.25) is 9.88 Å². The molecule has 0 bridgehead atoms. The van der Waals surface area contributed by atoms with Gasteiger partial charge in [0.15, 0.2) is 0 Å². The van der Waals surface area contributed by atoms with Gasteiger partial charge >= 0.3 is 0 Å². The molecule has 4 heteroatoms. The molecular formula is C13H18BrN3. The Morgan fingerprint density at radius 1 is 1.41 bits per heavy atom. The molecular weight excluding hydrogens is 278 g/mol. The van der Waals surface area contributed by atoms with Crippen LogP contribution in [0.1, 0.15) is 18.4 Å². The third kappa shape index (κ3) is 2.69. The predicted molar refractivity (Wildman–Crippen MR) is 71.7 cm³/mol. The third-order valence-electron chi connectivity index (χ3n) is 3.84. The first-order chi connectivity index (χ1) is 8.31. The average Bonchev–Trinajstić information content (AvgIpc) is 2.71. The molecule has 1 aromatic heterocycles. The van der Waals surface area contributed by atoms with Crippen molar-refractivity contribution in [1.29, 1.82) is 0 Å². The van der Waals surface area contributed by atoms with Gasteiger partial charge in [0, 0.05) is 42.5 Å². The number of nitrogens with one attached hydrogen (secondary N) is 1. The highest BCUT2D eigenvalue weighted by atomic mass is 79.9. The van der Waals surface area contributed by atoms with Crippen LogP contribution in [0.15, 0.2) is 22.9 Å². The molecule has 2 fully saturated rings. The van der Waals surface area contributed by atoms with E-state index < -0.39 is 0 Å². The number of pyridine rings is 1. The highest BCUT2D eigenvalue weighted by molar-refractivity contribution is 9.10. The smallest absolute Gasteiger partial charge is 0.0410 e. The molecule has 92 valence electrons. The van der Waals surface area contributed by atoms with Crippen molar-refractivity contribution < 1.29 is 0 Å². The van der Waals surface area contributed by atoms with Crippen LogP contribution in [0.5, 0.6) is 0 Å². The molecule has 2 saturated heterocycles. The lowest BCUT2D eigenvalue weighted by molar-refractivity contribution is 0.312. The van der Waals surface area contributed by atoms with Crippen molar-refractivity contribution in [2.45, 2.75) is 25.4 Å². The van der Waals surface area contributed by atoms with Crippen LogP contribution >= 0.6 is 15.9 Å². The molecule has 17 heavy (non-hydrogen) atoms. The molecule has 1 N–H and O–H groups in total. The minimum atomic E-state index is 0.726. The lowest BCUT2D eigenvalue weighted by Crippen LogP contribution is -2.40.